The van der Waals surface area contributed by atoms with Gasteiger partial charge in [-0.25, -0.2) is 4.79 Å². The van der Waals surface area contributed by atoms with E-state index in [1.54, 1.807) is 89.2 Å². The van der Waals surface area contributed by atoms with Crippen molar-refractivity contribution in [2.75, 3.05) is 28.4 Å². The minimum Gasteiger partial charge on any atom is -0.507 e. The van der Waals surface area contributed by atoms with Crippen molar-refractivity contribution in [3.63, 3.8) is 0 Å². The predicted octanol–water partition coefficient (Wildman–Crippen LogP) is 3.11. The summed E-state index contributed by atoms with van der Waals surface area (Å²) in [6.07, 6.45) is -3.02. The number of carbonyl (C=O) groups excluding carboxylic acids is 3. The van der Waals surface area contributed by atoms with Gasteiger partial charge in [0.2, 0.25) is 23.5 Å². The average molecular weight is 796 g/mol. The fraction of sp³-hybridized carbons (Fsp3) is 0.463. The number of benzene rings is 3. The molecule has 0 heterocycles. The predicted molar refractivity (Wildman–Crippen MR) is 212 cm³/mol. The number of hydrogen-bond donors (Lipinski definition) is 8. The van der Waals surface area contributed by atoms with Crippen LogP contribution < -0.4 is 45.5 Å². The van der Waals surface area contributed by atoms with E-state index in [1.165, 1.54) is 34.5 Å². The number of aliphatic hydroxyl groups is 1. The molecule has 0 saturated heterocycles. The maximum atomic E-state index is 14.4. The summed E-state index contributed by atoms with van der Waals surface area (Å²) in [6.45, 7) is 8.44. The van der Waals surface area contributed by atoms with Crippen LogP contribution in [-0.2, 0) is 33.9 Å². The number of carboxylic acid groups (broad SMARTS) is 1. The van der Waals surface area contributed by atoms with Crippen molar-refractivity contribution in [1.29, 1.82) is 0 Å². The molecule has 0 saturated carbocycles. The molecule has 8 N–H and O–H groups in total. The number of hydrogen-bond acceptors (Lipinski definition) is 11. The number of aliphatic hydroxyl groups excluding tert-OH is 1. The van der Waals surface area contributed by atoms with Crippen molar-refractivity contribution in [2.24, 2.45) is 11.3 Å². The largest absolute Gasteiger partial charge is 0.507 e. The fourth-order valence-electron chi connectivity index (χ4n) is 6.20. The fourth-order valence-corrected chi connectivity index (χ4v) is 6.20. The van der Waals surface area contributed by atoms with Gasteiger partial charge in [0.25, 0.3) is 0 Å². The summed E-state index contributed by atoms with van der Waals surface area (Å²) in [5, 5.41) is 46.0. The van der Waals surface area contributed by atoms with Gasteiger partial charge in [-0.1, -0.05) is 71.0 Å². The molecule has 0 radical (unpaired) electrons. The Morgan fingerprint density at radius 3 is 1.91 bits per heavy atom. The molecule has 0 unspecified atom stereocenters. The highest BCUT2D eigenvalue weighted by Crippen LogP contribution is 2.39. The smallest absolute Gasteiger partial charge is 0.405 e. The van der Waals surface area contributed by atoms with E-state index < -0.39 is 65.4 Å². The van der Waals surface area contributed by atoms with Crippen molar-refractivity contribution < 1.29 is 53.4 Å². The topological polar surface area (TPSA) is 226 Å². The first-order chi connectivity index (χ1) is 26.9. The van der Waals surface area contributed by atoms with Crippen LogP contribution in [0.25, 0.3) is 0 Å². The van der Waals surface area contributed by atoms with Gasteiger partial charge in [-0.2, -0.15) is 0 Å². The lowest BCUT2D eigenvalue weighted by molar-refractivity contribution is -0.134. The highest BCUT2D eigenvalue weighted by atomic mass is 16.5. The van der Waals surface area contributed by atoms with Crippen LogP contribution in [0.1, 0.15) is 51.3 Å². The van der Waals surface area contributed by atoms with Crippen molar-refractivity contribution in [3.8, 4) is 28.7 Å². The second-order valence-electron chi connectivity index (χ2n) is 14.8. The van der Waals surface area contributed by atoms with Gasteiger partial charge < -0.3 is 55.5 Å². The third kappa shape index (κ3) is 12.6. The third-order valence-corrected chi connectivity index (χ3v) is 9.35. The molecule has 16 heteroatoms. The molecule has 0 aliphatic heterocycles. The monoisotopic (exact) mass is 795 g/mol. The first-order valence-electron chi connectivity index (χ1n) is 18.4. The van der Waals surface area contributed by atoms with Gasteiger partial charge >= 0.3 is 6.09 Å². The van der Waals surface area contributed by atoms with Crippen molar-refractivity contribution in [1.82, 2.24) is 26.6 Å². The molecular formula is C41H57N5O11. The number of nitrogens with one attached hydrogen (secondary N) is 5. The zero-order valence-electron chi connectivity index (χ0n) is 34.0. The van der Waals surface area contributed by atoms with Gasteiger partial charge in [-0.05, 0) is 41.5 Å². The van der Waals surface area contributed by atoms with E-state index >= 15 is 0 Å². The van der Waals surface area contributed by atoms with Gasteiger partial charge in [-0.15, -0.1) is 0 Å². The van der Waals surface area contributed by atoms with Crippen LogP contribution in [0.4, 0.5) is 4.79 Å². The lowest BCUT2D eigenvalue weighted by Crippen LogP contribution is -2.63. The van der Waals surface area contributed by atoms with Crippen LogP contribution in [0, 0.1) is 11.3 Å². The zero-order chi connectivity index (χ0) is 42.4. The molecule has 3 aromatic carbocycles. The number of aromatic hydroxyl groups is 1. The lowest BCUT2D eigenvalue weighted by atomic mass is 9.85. The summed E-state index contributed by atoms with van der Waals surface area (Å²) in [6, 6.07) is 12.0. The number of ether oxygens (including phenoxy) is 4. The maximum absolute atomic E-state index is 14.4. The minimum absolute atomic E-state index is 0.0439. The Morgan fingerprint density at radius 1 is 0.719 bits per heavy atom. The van der Waals surface area contributed by atoms with E-state index in [2.05, 4.69) is 26.6 Å². The van der Waals surface area contributed by atoms with Gasteiger partial charge in [0, 0.05) is 30.3 Å². The first-order valence-corrected chi connectivity index (χ1v) is 18.4. The summed E-state index contributed by atoms with van der Waals surface area (Å²) in [4.78, 5) is 53.6. The van der Waals surface area contributed by atoms with Crippen molar-refractivity contribution >= 4 is 23.8 Å². The first kappa shape index (κ1) is 45.6. The lowest BCUT2D eigenvalue weighted by Gasteiger charge is -2.35. The Kier molecular flexibility index (Phi) is 16.8. The zero-order valence-corrected chi connectivity index (χ0v) is 34.0. The van der Waals surface area contributed by atoms with Crippen molar-refractivity contribution in [2.45, 2.75) is 84.4 Å². The molecule has 0 spiro atoms. The van der Waals surface area contributed by atoms with Gasteiger partial charge in [-0.3, -0.25) is 19.7 Å². The van der Waals surface area contributed by atoms with Gasteiger partial charge in [0.1, 0.15) is 29.6 Å². The van der Waals surface area contributed by atoms with Crippen LogP contribution in [0.3, 0.4) is 0 Å². The normalized spacial score (nSPS) is 13.9. The molecule has 0 fully saturated rings. The molecule has 3 aromatic rings. The van der Waals surface area contributed by atoms with Crippen LogP contribution >= 0.6 is 0 Å². The Labute approximate surface area is 333 Å². The van der Waals surface area contributed by atoms with E-state index in [0.717, 1.165) is 0 Å². The van der Waals surface area contributed by atoms with Gasteiger partial charge in [0.15, 0.2) is 11.5 Å². The van der Waals surface area contributed by atoms with Crippen LogP contribution in [-0.4, -0.2) is 97.8 Å². The van der Waals surface area contributed by atoms with E-state index in [-0.39, 0.29) is 25.3 Å². The van der Waals surface area contributed by atoms with E-state index in [1.807, 2.05) is 0 Å². The second kappa shape index (κ2) is 21.0. The van der Waals surface area contributed by atoms with E-state index in [4.69, 9.17) is 18.9 Å². The molecule has 4 amide bonds. The molecule has 0 aliphatic carbocycles. The van der Waals surface area contributed by atoms with E-state index in [0.29, 0.717) is 39.7 Å². The highest BCUT2D eigenvalue weighted by molar-refractivity contribution is 5.91. The number of methoxy groups -OCH3 is 4. The standard InChI is InChI=1S/C41H57N5O11/c1-23(2)31(37(49)43-21-25-15-17-27(54-6)20-29(25)47)45-38(50)32(42-22-26-16-18-30(55-7)35(57-9)34(26)56-8)33(48)28(19-24-13-11-10-12-14-24)44-39(51)36(41(3,4)5)46-40(52)53/h10-18,20,23,28,31-33,36,42,46-48H,19,21-22H2,1-9H3,(H,43,49)(H,44,51)(H,45,50)(H,52,53)/t28-,31-,32+,33+,36+/m0/s1. The summed E-state index contributed by atoms with van der Waals surface area (Å²) in [7, 11) is 5.84. The summed E-state index contributed by atoms with van der Waals surface area (Å²) < 4.78 is 21.7. The second-order valence-corrected chi connectivity index (χ2v) is 14.8. The van der Waals surface area contributed by atoms with Gasteiger partial charge in [0.05, 0.1) is 40.6 Å². The molecule has 0 aliphatic rings. The quantitative estimate of drug-likeness (QED) is 0.0826. The molecule has 0 bridgehead atoms. The number of phenolic OH excluding ortho intramolecular Hbond substituents is 1. The number of amides is 4. The van der Waals surface area contributed by atoms with Crippen LogP contribution in [0.5, 0.6) is 28.7 Å². The molecular weight excluding hydrogens is 738 g/mol. The highest BCUT2D eigenvalue weighted by Gasteiger charge is 2.39. The summed E-state index contributed by atoms with van der Waals surface area (Å²) in [5.41, 5.74) is 0.786. The molecule has 16 nitrogen and oxygen atoms in total. The molecule has 312 valence electrons. The third-order valence-electron chi connectivity index (χ3n) is 9.35. The average Bonchev–Trinajstić information content (AvgIpc) is 3.17. The molecule has 5 atom stereocenters. The molecule has 0 aromatic heterocycles. The van der Waals surface area contributed by atoms with E-state index in [9.17, 15) is 34.5 Å². The Balaban J connectivity index is 2.04. The summed E-state index contributed by atoms with van der Waals surface area (Å²) >= 11 is 0. The van der Waals surface area contributed by atoms with Crippen molar-refractivity contribution in [3.05, 3.63) is 77.4 Å². The molecule has 3 rings (SSSR count). The number of carbonyl (C=O) groups is 4. The Bertz CT molecular complexity index is 1820. The number of phenols is 1. The van der Waals surface area contributed by atoms with Crippen LogP contribution in [0.15, 0.2) is 60.7 Å². The number of rotatable bonds is 20. The van der Waals surface area contributed by atoms with Crippen LogP contribution in [0.2, 0.25) is 0 Å². The minimum atomic E-state index is -1.65. The molecule has 57 heavy (non-hydrogen) atoms. The SMILES string of the molecule is COc1ccc(CNC(=O)[C@@H](NC(=O)[C@H](NCc2ccc(OC)c(OC)c2OC)[C@H](O)[C@H](Cc2ccccc2)NC(=O)[C@@H](NC(=O)O)C(C)(C)C)C(C)C)c(O)c1. The Hall–Kier alpha value is -5.74. The summed E-state index contributed by atoms with van der Waals surface area (Å²) in [5.74, 6) is -1.12. The maximum Gasteiger partial charge on any atom is 0.405 e. The Morgan fingerprint density at radius 2 is 1.37 bits per heavy atom.